The van der Waals surface area contributed by atoms with Gasteiger partial charge in [0.15, 0.2) is 23.4 Å². The minimum Gasteiger partial charge on any atom is -0.382 e. The molecule has 35 heavy (non-hydrogen) atoms. The van der Waals surface area contributed by atoms with Gasteiger partial charge in [-0.05, 0) is 24.3 Å². The van der Waals surface area contributed by atoms with Crippen LogP contribution in [0.25, 0.3) is 33.5 Å². The lowest BCUT2D eigenvalue weighted by molar-refractivity contribution is -0.719. The average molecular weight is 464 g/mol. The second-order valence-electron chi connectivity index (χ2n) is 8.57. The highest BCUT2D eigenvalue weighted by molar-refractivity contribution is 5.98. The van der Waals surface area contributed by atoms with E-state index in [4.69, 9.17) is 10.7 Å². The second-order valence-corrected chi connectivity index (χ2v) is 8.57. The standard InChI is InChI=1S/C26H22N8O/c1-33-14-11-20(32-33)23-22(17-7-9-19-16(15-17)5-4-12-28-19)30-24(25(27)31-23)26(35)29-21-10-8-18-6-2-3-13-34(18)21/h2-7,9,11-15,21H,8,10H2,1H3,(H2-,27,29,31,35)/p+1. The third-order valence-electron chi connectivity index (χ3n) is 6.26. The van der Waals surface area contributed by atoms with Gasteiger partial charge in [0.25, 0.3) is 5.91 Å². The van der Waals surface area contributed by atoms with Crippen molar-refractivity contribution in [3.8, 4) is 22.6 Å². The monoisotopic (exact) mass is 463 g/mol. The molecule has 3 N–H and O–H groups in total. The van der Waals surface area contributed by atoms with E-state index in [0.29, 0.717) is 17.1 Å². The summed E-state index contributed by atoms with van der Waals surface area (Å²) < 4.78 is 3.76. The summed E-state index contributed by atoms with van der Waals surface area (Å²) in [7, 11) is 1.83. The summed E-state index contributed by atoms with van der Waals surface area (Å²) in [5.41, 5.74) is 10.9. The molecule has 1 atom stereocenters. The molecule has 1 unspecified atom stereocenters. The Kier molecular flexibility index (Phi) is 4.95. The number of rotatable bonds is 4. The number of carbonyl (C=O) groups is 1. The number of carbonyl (C=O) groups excluding carboxylic acids is 1. The molecule has 1 amide bonds. The lowest BCUT2D eigenvalue weighted by Crippen LogP contribution is -2.47. The van der Waals surface area contributed by atoms with Gasteiger partial charge in [-0.3, -0.25) is 19.8 Å². The number of benzene rings is 1. The van der Waals surface area contributed by atoms with E-state index in [0.717, 1.165) is 29.3 Å². The first kappa shape index (κ1) is 20.9. The zero-order valence-electron chi connectivity index (χ0n) is 19.1. The van der Waals surface area contributed by atoms with Crippen molar-refractivity contribution in [2.24, 2.45) is 7.05 Å². The third kappa shape index (κ3) is 3.76. The van der Waals surface area contributed by atoms with Gasteiger partial charge in [-0.15, -0.1) is 0 Å². The lowest BCUT2D eigenvalue weighted by Gasteiger charge is -2.13. The lowest BCUT2D eigenvalue weighted by atomic mass is 10.0. The highest BCUT2D eigenvalue weighted by Crippen LogP contribution is 2.31. The first-order valence-corrected chi connectivity index (χ1v) is 11.4. The average Bonchev–Trinajstić information content (AvgIpc) is 3.50. The molecule has 0 bridgehead atoms. The minimum atomic E-state index is -0.361. The van der Waals surface area contributed by atoms with Crippen LogP contribution in [0.1, 0.15) is 28.8 Å². The number of anilines is 1. The second kappa shape index (κ2) is 8.28. The normalized spacial score (nSPS) is 14.7. The van der Waals surface area contributed by atoms with Crippen LogP contribution in [-0.4, -0.2) is 30.6 Å². The summed E-state index contributed by atoms with van der Waals surface area (Å²) in [5.74, 6) is -0.300. The van der Waals surface area contributed by atoms with E-state index in [2.05, 4.69) is 31.0 Å². The summed E-state index contributed by atoms with van der Waals surface area (Å²) >= 11 is 0. The Bertz CT molecular complexity index is 1590. The van der Waals surface area contributed by atoms with Crippen molar-refractivity contribution in [3.05, 3.63) is 84.6 Å². The number of aryl methyl sites for hydroxylation is 2. The highest BCUT2D eigenvalue weighted by Gasteiger charge is 2.32. The molecular weight excluding hydrogens is 440 g/mol. The maximum absolute atomic E-state index is 13.3. The Labute approximate surface area is 201 Å². The molecule has 0 radical (unpaired) electrons. The molecule has 1 aromatic carbocycles. The molecule has 9 nitrogen and oxygen atoms in total. The molecule has 4 aromatic heterocycles. The van der Waals surface area contributed by atoms with Crippen LogP contribution in [0.5, 0.6) is 0 Å². The van der Waals surface area contributed by atoms with E-state index in [9.17, 15) is 4.79 Å². The van der Waals surface area contributed by atoms with E-state index in [1.165, 1.54) is 5.69 Å². The van der Waals surface area contributed by atoms with Crippen molar-refractivity contribution in [1.82, 2.24) is 30.0 Å². The predicted molar refractivity (Wildman–Crippen MR) is 131 cm³/mol. The Balaban J connectivity index is 1.44. The maximum atomic E-state index is 13.3. The molecule has 0 saturated carbocycles. The molecule has 1 aliphatic heterocycles. The van der Waals surface area contributed by atoms with Crippen molar-refractivity contribution >= 4 is 22.6 Å². The minimum absolute atomic E-state index is 0.0608. The van der Waals surface area contributed by atoms with Gasteiger partial charge in [0.2, 0.25) is 6.17 Å². The SMILES string of the molecule is Cn1ccc(-c2nc(N)c(C(=O)NC3CCc4cccc[n+]43)nc2-c2ccc3ncccc3c2)n1. The molecule has 5 aromatic rings. The zero-order valence-corrected chi connectivity index (χ0v) is 19.1. The van der Waals surface area contributed by atoms with Gasteiger partial charge in [0, 0.05) is 55.4 Å². The Hall–Kier alpha value is -4.66. The van der Waals surface area contributed by atoms with Crippen molar-refractivity contribution in [1.29, 1.82) is 0 Å². The van der Waals surface area contributed by atoms with E-state index < -0.39 is 0 Å². The van der Waals surface area contributed by atoms with Crippen LogP contribution >= 0.6 is 0 Å². The fourth-order valence-electron chi connectivity index (χ4n) is 4.55. The van der Waals surface area contributed by atoms with Crippen LogP contribution in [0.15, 0.2) is 73.2 Å². The number of hydrogen-bond acceptors (Lipinski definition) is 6. The summed E-state index contributed by atoms with van der Waals surface area (Å²) in [6.07, 6.45) is 7.09. The quantitative estimate of drug-likeness (QED) is 0.396. The van der Waals surface area contributed by atoms with Gasteiger partial charge < -0.3 is 5.73 Å². The molecule has 0 saturated heterocycles. The maximum Gasteiger partial charge on any atom is 0.278 e. The molecular formula is C26H23N8O+. The van der Waals surface area contributed by atoms with Gasteiger partial charge in [0.05, 0.1) is 11.2 Å². The summed E-state index contributed by atoms with van der Waals surface area (Å²) in [6.45, 7) is 0. The van der Waals surface area contributed by atoms with Crippen molar-refractivity contribution in [3.63, 3.8) is 0 Å². The molecule has 0 fully saturated rings. The molecule has 1 aliphatic rings. The van der Waals surface area contributed by atoms with Crippen molar-refractivity contribution < 1.29 is 9.36 Å². The molecule has 6 rings (SSSR count). The molecule has 9 heteroatoms. The number of pyridine rings is 2. The summed E-state index contributed by atoms with van der Waals surface area (Å²) in [4.78, 5) is 27.1. The number of nitrogens with zero attached hydrogens (tertiary/aromatic N) is 6. The van der Waals surface area contributed by atoms with Crippen LogP contribution in [0, 0.1) is 0 Å². The van der Waals surface area contributed by atoms with Gasteiger partial charge >= 0.3 is 0 Å². The fraction of sp³-hybridized carbons (Fsp3) is 0.154. The van der Waals surface area contributed by atoms with Crippen LogP contribution in [0.2, 0.25) is 0 Å². The first-order valence-electron chi connectivity index (χ1n) is 11.4. The number of nitrogen functional groups attached to an aromatic ring is 1. The zero-order chi connectivity index (χ0) is 23.9. The summed E-state index contributed by atoms with van der Waals surface area (Å²) in [6, 6.07) is 17.6. The van der Waals surface area contributed by atoms with Crippen LogP contribution in [-0.2, 0) is 13.5 Å². The Morgan fingerprint density at radius 1 is 1.11 bits per heavy atom. The number of nitrogens with two attached hydrogens (primary N) is 1. The molecule has 0 aliphatic carbocycles. The largest absolute Gasteiger partial charge is 0.382 e. The van der Waals surface area contributed by atoms with E-state index >= 15 is 0 Å². The van der Waals surface area contributed by atoms with Gasteiger partial charge in [-0.25, -0.2) is 9.97 Å². The van der Waals surface area contributed by atoms with Gasteiger partial charge in [-0.2, -0.15) is 9.67 Å². The number of fused-ring (bicyclic) bond motifs is 2. The smallest absolute Gasteiger partial charge is 0.278 e. The highest BCUT2D eigenvalue weighted by atomic mass is 16.2. The van der Waals surface area contributed by atoms with Crippen molar-refractivity contribution in [2.45, 2.75) is 19.0 Å². The third-order valence-corrected chi connectivity index (χ3v) is 6.26. The van der Waals surface area contributed by atoms with Gasteiger partial charge in [-0.1, -0.05) is 18.2 Å². The molecule has 5 heterocycles. The van der Waals surface area contributed by atoms with Crippen LogP contribution < -0.4 is 15.6 Å². The van der Waals surface area contributed by atoms with Gasteiger partial charge in [0.1, 0.15) is 11.4 Å². The van der Waals surface area contributed by atoms with E-state index in [1.807, 2.05) is 68.0 Å². The predicted octanol–water partition coefficient (Wildman–Crippen LogP) is 2.84. The van der Waals surface area contributed by atoms with Crippen molar-refractivity contribution in [2.75, 3.05) is 5.73 Å². The summed E-state index contributed by atoms with van der Waals surface area (Å²) in [5, 5.41) is 8.53. The number of hydrogen-bond donors (Lipinski definition) is 2. The first-order chi connectivity index (χ1) is 17.1. The number of nitrogens with one attached hydrogen (secondary N) is 1. The number of amides is 1. The van der Waals surface area contributed by atoms with Crippen LogP contribution in [0.4, 0.5) is 5.82 Å². The van der Waals surface area contributed by atoms with E-state index in [-0.39, 0.29) is 23.6 Å². The Morgan fingerprint density at radius 3 is 2.89 bits per heavy atom. The van der Waals surface area contributed by atoms with Crippen LogP contribution in [0.3, 0.4) is 0 Å². The molecule has 172 valence electrons. The van der Waals surface area contributed by atoms with E-state index in [1.54, 1.807) is 10.9 Å². The fourth-order valence-corrected chi connectivity index (χ4v) is 4.55. The number of aromatic nitrogens is 6. The molecule has 0 spiro atoms. The Morgan fingerprint density at radius 2 is 2.03 bits per heavy atom. The topological polar surface area (TPSA) is 115 Å².